The molecule has 1 heterocycles. The third-order valence-electron chi connectivity index (χ3n) is 3.46. The van der Waals surface area contributed by atoms with Crippen molar-refractivity contribution in [2.24, 2.45) is 4.99 Å². The topological polar surface area (TPSA) is 44.7 Å². The number of hydrogen-bond acceptors (Lipinski definition) is 3. The normalized spacial score (nSPS) is 17.8. The summed E-state index contributed by atoms with van der Waals surface area (Å²) in [6.45, 7) is 1.85. The molecule has 1 aliphatic rings. The van der Waals surface area contributed by atoms with Crippen LogP contribution in [0.3, 0.4) is 0 Å². The van der Waals surface area contributed by atoms with Crippen LogP contribution in [0, 0.1) is 0 Å². The highest BCUT2D eigenvalue weighted by molar-refractivity contribution is 6.05. The molecule has 1 amide bonds. The molecule has 4 heteroatoms. The molecule has 0 bridgehead atoms. The van der Waals surface area contributed by atoms with Gasteiger partial charge in [0.2, 0.25) is 0 Å². The fourth-order valence-electron chi connectivity index (χ4n) is 2.40. The van der Waals surface area contributed by atoms with Gasteiger partial charge in [-0.25, -0.2) is 5.01 Å². The average Bonchev–Trinajstić information content (AvgIpc) is 2.77. The lowest BCUT2D eigenvalue weighted by molar-refractivity contribution is -0.126. The fraction of sp³-hybridized carbons (Fsp3) is 0.176. The number of aliphatic imine (C=N–C) groups is 1. The van der Waals surface area contributed by atoms with Crippen molar-refractivity contribution in [1.29, 1.82) is 0 Å². The summed E-state index contributed by atoms with van der Waals surface area (Å²) in [5.41, 5.74) is 5.10. The van der Waals surface area contributed by atoms with E-state index in [-0.39, 0.29) is 11.9 Å². The summed E-state index contributed by atoms with van der Waals surface area (Å²) in [6, 6.07) is 19.3. The van der Waals surface area contributed by atoms with Gasteiger partial charge < -0.3 is 0 Å². The van der Waals surface area contributed by atoms with Crippen LogP contribution in [0.4, 0.5) is 5.69 Å². The molecular weight excluding hydrogens is 262 g/mol. The van der Waals surface area contributed by atoms with Crippen molar-refractivity contribution in [3.8, 4) is 0 Å². The van der Waals surface area contributed by atoms with Gasteiger partial charge in [-0.2, -0.15) is 0 Å². The molecule has 0 saturated carbocycles. The third kappa shape index (κ3) is 2.94. The van der Waals surface area contributed by atoms with Gasteiger partial charge in [-0.05, 0) is 24.6 Å². The fourth-order valence-corrected chi connectivity index (χ4v) is 2.40. The molecule has 0 radical (unpaired) electrons. The van der Waals surface area contributed by atoms with E-state index in [9.17, 15) is 4.79 Å². The molecule has 1 N–H and O–H groups in total. The smallest absolute Gasteiger partial charge is 0.271 e. The highest BCUT2D eigenvalue weighted by Gasteiger charge is 2.32. The van der Waals surface area contributed by atoms with Crippen molar-refractivity contribution < 1.29 is 4.79 Å². The van der Waals surface area contributed by atoms with Crippen LogP contribution in [0.25, 0.3) is 0 Å². The summed E-state index contributed by atoms with van der Waals surface area (Å²) in [4.78, 5) is 16.9. The van der Waals surface area contributed by atoms with Crippen LogP contribution in [0.1, 0.15) is 12.5 Å². The maximum absolute atomic E-state index is 12.5. The van der Waals surface area contributed by atoms with Crippen molar-refractivity contribution in [2.75, 3.05) is 5.43 Å². The molecule has 0 unspecified atom stereocenters. The Kier molecular flexibility index (Phi) is 3.69. The van der Waals surface area contributed by atoms with E-state index in [1.54, 1.807) is 0 Å². The zero-order valence-electron chi connectivity index (χ0n) is 11.9. The first-order valence-electron chi connectivity index (χ1n) is 6.98. The molecule has 0 aromatic heterocycles. The number of rotatable bonds is 4. The maximum Gasteiger partial charge on any atom is 0.271 e. The zero-order valence-corrected chi connectivity index (χ0v) is 11.9. The molecule has 106 valence electrons. The standard InChI is InChI=1S/C17H17N3O/c1-13-18-16(12-14-8-4-2-5-9-14)17(21)20(13)19-15-10-6-3-7-11-15/h2-11,16,19H,12H2,1H3/t16-/m0/s1. The van der Waals surface area contributed by atoms with E-state index < -0.39 is 0 Å². The molecule has 0 spiro atoms. The molecule has 1 aliphatic heterocycles. The van der Waals surface area contributed by atoms with Gasteiger partial charge in [0.1, 0.15) is 11.9 Å². The van der Waals surface area contributed by atoms with Gasteiger partial charge in [-0.3, -0.25) is 15.2 Å². The Labute approximate surface area is 124 Å². The number of carbonyl (C=O) groups is 1. The number of amidine groups is 1. The van der Waals surface area contributed by atoms with E-state index in [1.807, 2.05) is 67.6 Å². The molecule has 1 atom stereocenters. The largest absolute Gasteiger partial charge is 0.290 e. The number of nitrogens with one attached hydrogen (secondary N) is 1. The summed E-state index contributed by atoms with van der Waals surface area (Å²) in [5, 5.41) is 1.53. The lowest BCUT2D eigenvalue weighted by Crippen LogP contribution is -2.39. The lowest BCUT2D eigenvalue weighted by Gasteiger charge is -2.19. The average molecular weight is 279 g/mol. The first-order valence-corrected chi connectivity index (χ1v) is 6.98. The van der Waals surface area contributed by atoms with Crippen LogP contribution in [0.2, 0.25) is 0 Å². The second-order valence-electron chi connectivity index (χ2n) is 5.03. The van der Waals surface area contributed by atoms with Gasteiger partial charge in [0, 0.05) is 6.42 Å². The number of amides is 1. The summed E-state index contributed by atoms with van der Waals surface area (Å²) in [5.74, 6) is 0.685. The minimum atomic E-state index is -0.344. The predicted molar refractivity (Wildman–Crippen MR) is 84.0 cm³/mol. The number of carbonyl (C=O) groups excluding carboxylic acids is 1. The van der Waals surface area contributed by atoms with Crippen LogP contribution in [0.15, 0.2) is 65.7 Å². The number of benzene rings is 2. The number of hydrogen-bond donors (Lipinski definition) is 1. The molecule has 0 aliphatic carbocycles. The Morgan fingerprint density at radius 2 is 1.67 bits per heavy atom. The van der Waals surface area contributed by atoms with Crippen molar-refractivity contribution in [2.45, 2.75) is 19.4 Å². The first-order chi connectivity index (χ1) is 10.2. The third-order valence-corrected chi connectivity index (χ3v) is 3.46. The molecule has 21 heavy (non-hydrogen) atoms. The van der Waals surface area contributed by atoms with Gasteiger partial charge in [-0.15, -0.1) is 0 Å². The van der Waals surface area contributed by atoms with Crippen LogP contribution >= 0.6 is 0 Å². The molecular formula is C17H17N3O. The minimum Gasteiger partial charge on any atom is -0.290 e. The van der Waals surface area contributed by atoms with E-state index >= 15 is 0 Å². The van der Waals surface area contributed by atoms with Crippen LogP contribution in [0.5, 0.6) is 0 Å². The minimum absolute atomic E-state index is 0.0137. The SMILES string of the molecule is CC1=N[C@@H](Cc2ccccc2)C(=O)N1Nc1ccccc1. The Morgan fingerprint density at radius 3 is 2.33 bits per heavy atom. The monoisotopic (exact) mass is 279 g/mol. The van der Waals surface area contributed by atoms with Crippen LogP contribution < -0.4 is 5.43 Å². The van der Waals surface area contributed by atoms with Crippen molar-refractivity contribution in [3.05, 3.63) is 66.2 Å². The molecule has 3 rings (SSSR count). The van der Waals surface area contributed by atoms with Crippen molar-refractivity contribution in [1.82, 2.24) is 5.01 Å². The van der Waals surface area contributed by atoms with Crippen LogP contribution in [-0.4, -0.2) is 22.8 Å². The number of para-hydroxylation sites is 1. The van der Waals surface area contributed by atoms with Gasteiger partial charge in [-0.1, -0.05) is 48.5 Å². The van der Waals surface area contributed by atoms with E-state index in [0.29, 0.717) is 12.3 Å². The van der Waals surface area contributed by atoms with Gasteiger partial charge in [0.25, 0.3) is 5.91 Å². The Bertz CT molecular complexity index is 652. The summed E-state index contributed by atoms with van der Waals surface area (Å²) >= 11 is 0. The van der Waals surface area contributed by atoms with Gasteiger partial charge in [0.05, 0.1) is 5.69 Å². The molecule has 2 aromatic rings. The van der Waals surface area contributed by atoms with Gasteiger partial charge >= 0.3 is 0 Å². The molecule has 4 nitrogen and oxygen atoms in total. The number of nitrogens with zero attached hydrogens (tertiary/aromatic N) is 2. The summed E-state index contributed by atoms with van der Waals surface area (Å²) < 4.78 is 0. The number of hydrazine groups is 1. The van der Waals surface area contributed by atoms with Gasteiger partial charge in [0.15, 0.2) is 0 Å². The van der Waals surface area contributed by atoms with Crippen molar-refractivity contribution in [3.63, 3.8) is 0 Å². The first kappa shape index (κ1) is 13.4. The molecule has 0 saturated heterocycles. The van der Waals surface area contributed by atoms with E-state index in [4.69, 9.17) is 0 Å². The highest BCUT2D eigenvalue weighted by Crippen LogP contribution is 2.17. The summed E-state index contributed by atoms with van der Waals surface area (Å²) in [7, 11) is 0. The zero-order chi connectivity index (χ0) is 14.7. The second kappa shape index (κ2) is 5.79. The van der Waals surface area contributed by atoms with Crippen molar-refractivity contribution >= 4 is 17.4 Å². The van der Waals surface area contributed by atoms with E-state index in [0.717, 1.165) is 11.3 Å². The Balaban J connectivity index is 1.72. The van der Waals surface area contributed by atoms with E-state index in [2.05, 4.69) is 10.4 Å². The molecule has 2 aromatic carbocycles. The highest BCUT2D eigenvalue weighted by atomic mass is 16.2. The summed E-state index contributed by atoms with van der Waals surface area (Å²) in [6.07, 6.45) is 0.629. The molecule has 0 fully saturated rings. The lowest BCUT2D eigenvalue weighted by atomic mass is 10.1. The second-order valence-corrected chi connectivity index (χ2v) is 5.03. The Morgan fingerprint density at radius 1 is 1.05 bits per heavy atom. The number of anilines is 1. The quantitative estimate of drug-likeness (QED) is 0.935. The van der Waals surface area contributed by atoms with E-state index in [1.165, 1.54) is 5.01 Å². The predicted octanol–water partition coefficient (Wildman–Crippen LogP) is 2.89. The van der Waals surface area contributed by atoms with Crippen LogP contribution in [-0.2, 0) is 11.2 Å². The Hall–Kier alpha value is -2.62. The maximum atomic E-state index is 12.5.